The summed E-state index contributed by atoms with van der Waals surface area (Å²) in [6.07, 6.45) is 1.76. The van der Waals surface area contributed by atoms with Crippen molar-refractivity contribution in [1.29, 1.82) is 0 Å². The number of nitrogens with one attached hydrogen (secondary N) is 1. The Bertz CT molecular complexity index is 947. The van der Waals surface area contributed by atoms with E-state index < -0.39 is 5.91 Å². The van der Waals surface area contributed by atoms with Gasteiger partial charge in [0.25, 0.3) is 5.91 Å². The van der Waals surface area contributed by atoms with Crippen LogP contribution in [-0.4, -0.2) is 59.4 Å². The van der Waals surface area contributed by atoms with Gasteiger partial charge in [-0.1, -0.05) is 11.3 Å². The number of thiazole rings is 1. The maximum atomic E-state index is 12.4. The first-order valence-electron chi connectivity index (χ1n) is 8.38. The minimum atomic E-state index is -0.408. The highest BCUT2D eigenvalue weighted by Gasteiger charge is 2.23. The van der Waals surface area contributed by atoms with Gasteiger partial charge < -0.3 is 19.5 Å². The highest BCUT2D eigenvalue weighted by Crippen LogP contribution is 2.27. The highest BCUT2D eigenvalue weighted by molar-refractivity contribution is 9.10. The maximum Gasteiger partial charge on any atom is 0.287 e. The molecule has 8 nitrogen and oxygen atoms in total. The molecule has 1 saturated heterocycles. The van der Waals surface area contributed by atoms with E-state index >= 15 is 0 Å². The first-order chi connectivity index (χ1) is 13.1. The molecule has 3 aromatic rings. The van der Waals surface area contributed by atoms with Gasteiger partial charge in [0.1, 0.15) is 10.3 Å². The van der Waals surface area contributed by atoms with Gasteiger partial charge in [-0.05, 0) is 40.2 Å². The normalized spacial score (nSPS) is 14.6. The fraction of sp³-hybridized carbons (Fsp3) is 0.294. The van der Waals surface area contributed by atoms with E-state index in [0.29, 0.717) is 30.8 Å². The van der Waals surface area contributed by atoms with Gasteiger partial charge in [0.05, 0.1) is 6.54 Å². The molecule has 140 valence electrons. The molecule has 0 bridgehead atoms. The molecule has 1 fully saturated rings. The number of aromatic nitrogens is 2. The van der Waals surface area contributed by atoms with E-state index in [2.05, 4.69) is 36.1 Å². The molecule has 1 aliphatic heterocycles. The largest absolute Gasteiger partial charge is 0.444 e. The van der Waals surface area contributed by atoms with Crippen LogP contribution in [0.4, 0.5) is 5.13 Å². The van der Waals surface area contributed by atoms with Gasteiger partial charge >= 0.3 is 0 Å². The molecule has 0 unspecified atom stereocenters. The molecule has 1 aliphatic rings. The zero-order valence-electron chi connectivity index (χ0n) is 14.2. The molecule has 10 heteroatoms. The minimum Gasteiger partial charge on any atom is -0.444 e. The summed E-state index contributed by atoms with van der Waals surface area (Å²) >= 11 is 4.70. The molecule has 0 radical (unpaired) electrons. The third-order valence-electron chi connectivity index (χ3n) is 4.26. The molecule has 2 amide bonds. The predicted molar refractivity (Wildman–Crippen MR) is 105 cm³/mol. The third-order valence-corrected chi connectivity index (χ3v) is 5.72. The van der Waals surface area contributed by atoms with Crippen molar-refractivity contribution in [2.45, 2.75) is 0 Å². The van der Waals surface area contributed by atoms with E-state index in [4.69, 9.17) is 4.42 Å². The average molecular weight is 450 g/mol. The predicted octanol–water partition coefficient (Wildman–Crippen LogP) is 2.13. The summed E-state index contributed by atoms with van der Waals surface area (Å²) in [6.45, 7) is 2.52. The van der Waals surface area contributed by atoms with Crippen molar-refractivity contribution in [2.24, 2.45) is 0 Å². The monoisotopic (exact) mass is 449 g/mol. The molecule has 0 atom stereocenters. The molecule has 27 heavy (non-hydrogen) atoms. The fourth-order valence-electron chi connectivity index (χ4n) is 2.83. The van der Waals surface area contributed by atoms with Crippen LogP contribution in [0.1, 0.15) is 10.6 Å². The second-order valence-electron chi connectivity index (χ2n) is 5.98. The Labute approximate surface area is 167 Å². The fourth-order valence-corrected chi connectivity index (χ4v) is 4.10. The number of hydrogen-bond acceptors (Lipinski definition) is 7. The summed E-state index contributed by atoms with van der Waals surface area (Å²) in [4.78, 5) is 38.1. The zero-order valence-corrected chi connectivity index (χ0v) is 16.6. The number of pyridine rings is 1. The van der Waals surface area contributed by atoms with Crippen molar-refractivity contribution in [1.82, 2.24) is 20.2 Å². The van der Waals surface area contributed by atoms with Crippen molar-refractivity contribution in [3.05, 3.63) is 40.9 Å². The number of fused-ring (bicyclic) bond motifs is 1. The quantitative estimate of drug-likeness (QED) is 0.655. The van der Waals surface area contributed by atoms with Gasteiger partial charge in [0.15, 0.2) is 15.6 Å². The van der Waals surface area contributed by atoms with Crippen LogP contribution in [0.5, 0.6) is 0 Å². The molecule has 0 saturated carbocycles. The number of rotatable bonds is 4. The second kappa shape index (κ2) is 7.65. The van der Waals surface area contributed by atoms with Crippen molar-refractivity contribution < 1.29 is 14.0 Å². The zero-order chi connectivity index (χ0) is 18.8. The summed E-state index contributed by atoms with van der Waals surface area (Å²) in [7, 11) is 0. The van der Waals surface area contributed by atoms with Crippen LogP contribution in [-0.2, 0) is 4.79 Å². The van der Waals surface area contributed by atoms with E-state index in [1.54, 1.807) is 34.6 Å². The van der Waals surface area contributed by atoms with Gasteiger partial charge in [-0.2, -0.15) is 0 Å². The molecule has 4 heterocycles. The van der Waals surface area contributed by atoms with E-state index in [1.165, 1.54) is 0 Å². The minimum absolute atomic E-state index is 0.0534. The van der Waals surface area contributed by atoms with Gasteiger partial charge in [0.2, 0.25) is 5.91 Å². The Morgan fingerprint density at radius 2 is 2.04 bits per heavy atom. The highest BCUT2D eigenvalue weighted by atomic mass is 79.9. The lowest BCUT2D eigenvalue weighted by atomic mass is 10.3. The van der Waals surface area contributed by atoms with Crippen molar-refractivity contribution in [3.63, 3.8) is 0 Å². The number of halogens is 1. The third kappa shape index (κ3) is 3.96. The maximum absolute atomic E-state index is 12.4. The Balaban J connectivity index is 1.29. The summed E-state index contributed by atoms with van der Waals surface area (Å²) in [6, 6.07) is 7.00. The van der Waals surface area contributed by atoms with E-state index in [-0.39, 0.29) is 18.2 Å². The van der Waals surface area contributed by atoms with Crippen LogP contribution in [0.2, 0.25) is 0 Å². The van der Waals surface area contributed by atoms with E-state index in [1.807, 2.05) is 12.1 Å². The van der Waals surface area contributed by atoms with E-state index in [9.17, 15) is 9.59 Å². The number of anilines is 1. The number of carbonyl (C=O) groups is 2. The lowest BCUT2D eigenvalue weighted by molar-refractivity contribution is -0.130. The molecular weight excluding hydrogens is 434 g/mol. The molecule has 1 N–H and O–H groups in total. The van der Waals surface area contributed by atoms with Crippen LogP contribution < -0.4 is 10.2 Å². The van der Waals surface area contributed by atoms with Crippen molar-refractivity contribution >= 4 is 54.6 Å². The van der Waals surface area contributed by atoms with Crippen LogP contribution in [0.25, 0.3) is 10.3 Å². The molecule has 3 aromatic heterocycles. The standard InChI is InChI=1S/C17H16BrN5O3S/c18-13-4-3-12(26-13)15(25)20-10-14(24)22-6-8-23(9-7-22)17-21-11-2-1-5-19-16(11)27-17/h1-5H,6-10H2,(H,20,25). The molecule has 0 aliphatic carbocycles. The van der Waals surface area contributed by atoms with Gasteiger partial charge in [-0.25, -0.2) is 9.97 Å². The van der Waals surface area contributed by atoms with Crippen LogP contribution in [0.3, 0.4) is 0 Å². The van der Waals surface area contributed by atoms with Crippen LogP contribution in [0, 0.1) is 0 Å². The topological polar surface area (TPSA) is 91.6 Å². The van der Waals surface area contributed by atoms with E-state index in [0.717, 1.165) is 15.5 Å². The number of nitrogens with zero attached hydrogens (tertiary/aromatic N) is 4. The number of piperazine rings is 1. The Morgan fingerprint density at radius 1 is 1.22 bits per heavy atom. The summed E-state index contributed by atoms with van der Waals surface area (Å²) < 4.78 is 5.65. The molecule has 0 spiro atoms. The lowest BCUT2D eigenvalue weighted by Gasteiger charge is -2.34. The van der Waals surface area contributed by atoms with Crippen molar-refractivity contribution in [3.8, 4) is 0 Å². The first kappa shape index (κ1) is 17.9. The Kier molecular flexibility index (Phi) is 5.08. The smallest absolute Gasteiger partial charge is 0.287 e. The number of hydrogen-bond donors (Lipinski definition) is 1. The van der Waals surface area contributed by atoms with Gasteiger partial charge in [-0.15, -0.1) is 0 Å². The SMILES string of the molecule is O=C(NCC(=O)N1CCN(c2nc3cccnc3s2)CC1)c1ccc(Br)o1. The summed E-state index contributed by atoms with van der Waals surface area (Å²) in [5.41, 5.74) is 0.892. The Morgan fingerprint density at radius 3 is 2.74 bits per heavy atom. The molecule has 4 rings (SSSR count). The Hall–Kier alpha value is -2.46. The van der Waals surface area contributed by atoms with Crippen molar-refractivity contribution in [2.75, 3.05) is 37.6 Å². The summed E-state index contributed by atoms with van der Waals surface area (Å²) in [5.74, 6) is -0.349. The van der Waals surface area contributed by atoms with Gasteiger partial charge in [-0.3, -0.25) is 9.59 Å². The van der Waals surface area contributed by atoms with Gasteiger partial charge in [0, 0.05) is 32.4 Å². The lowest BCUT2D eigenvalue weighted by Crippen LogP contribution is -2.51. The number of furan rings is 1. The second-order valence-corrected chi connectivity index (χ2v) is 7.72. The number of carbonyl (C=O) groups excluding carboxylic acids is 2. The average Bonchev–Trinajstić information content (AvgIpc) is 3.32. The van der Waals surface area contributed by atoms with Crippen LogP contribution in [0.15, 0.2) is 39.5 Å². The molecular formula is C17H16BrN5O3S. The number of amides is 2. The first-order valence-corrected chi connectivity index (χ1v) is 9.99. The summed E-state index contributed by atoms with van der Waals surface area (Å²) in [5, 5.41) is 3.52. The van der Waals surface area contributed by atoms with Crippen LogP contribution >= 0.6 is 27.3 Å². The molecule has 0 aromatic carbocycles.